The van der Waals surface area contributed by atoms with E-state index in [1.54, 1.807) is 23.6 Å². The Hall–Kier alpha value is -2.02. The van der Waals surface area contributed by atoms with Gasteiger partial charge < -0.3 is 15.3 Å². The monoisotopic (exact) mass is 364 g/mol. The summed E-state index contributed by atoms with van der Waals surface area (Å²) >= 11 is 1.56. The lowest BCUT2D eigenvalue weighted by Gasteiger charge is -2.25. The standard InChI is InChI=1S/C18H24N2O4S/c1-2-16(21)20-12-25-11-15(20)18(24)19-14(8-9-17(22)23)10-13-6-4-3-5-7-13/h3-7,14-15H,2,8-12H2,1H3,(H,19,24)(H,22,23). The van der Waals surface area contributed by atoms with Gasteiger partial charge >= 0.3 is 5.97 Å². The minimum atomic E-state index is -0.883. The van der Waals surface area contributed by atoms with E-state index in [0.717, 1.165) is 5.56 Å². The Bertz CT molecular complexity index is 608. The summed E-state index contributed by atoms with van der Waals surface area (Å²) < 4.78 is 0. The van der Waals surface area contributed by atoms with Gasteiger partial charge in [0, 0.05) is 24.6 Å². The van der Waals surface area contributed by atoms with Gasteiger partial charge in [-0.3, -0.25) is 14.4 Å². The maximum Gasteiger partial charge on any atom is 0.303 e. The van der Waals surface area contributed by atoms with Gasteiger partial charge in [-0.1, -0.05) is 37.3 Å². The van der Waals surface area contributed by atoms with Crippen molar-refractivity contribution in [2.75, 3.05) is 11.6 Å². The van der Waals surface area contributed by atoms with Crippen LogP contribution in [0, 0.1) is 0 Å². The number of carboxylic acids is 1. The van der Waals surface area contributed by atoms with Gasteiger partial charge in [0.1, 0.15) is 6.04 Å². The molecule has 1 fully saturated rings. The summed E-state index contributed by atoms with van der Waals surface area (Å²) in [7, 11) is 0. The molecule has 1 aromatic carbocycles. The lowest BCUT2D eigenvalue weighted by atomic mass is 10.0. The van der Waals surface area contributed by atoms with Crippen molar-refractivity contribution in [1.29, 1.82) is 0 Å². The number of carbonyl (C=O) groups is 3. The van der Waals surface area contributed by atoms with Gasteiger partial charge in [-0.2, -0.15) is 0 Å². The van der Waals surface area contributed by atoms with Crippen molar-refractivity contribution in [3.05, 3.63) is 35.9 Å². The molecule has 1 aromatic rings. The Morgan fingerprint density at radius 2 is 2.04 bits per heavy atom. The third-order valence-corrected chi connectivity index (χ3v) is 5.20. The molecule has 136 valence electrons. The van der Waals surface area contributed by atoms with Crippen LogP contribution in [-0.4, -0.2) is 51.5 Å². The summed E-state index contributed by atoms with van der Waals surface area (Å²) in [5.41, 5.74) is 1.04. The van der Waals surface area contributed by atoms with E-state index in [1.165, 1.54) is 0 Å². The number of hydrogen-bond acceptors (Lipinski definition) is 4. The fourth-order valence-electron chi connectivity index (χ4n) is 2.83. The molecule has 2 N–H and O–H groups in total. The summed E-state index contributed by atoms with van der Waals surface area (Å²) in [6.45, 7) is 1.78. The first-order chi connectivity index (χ1) is 12.0. The van der Waals surface area contributed by atoms with Gasteiger partial charge in [-0.05, 0) is 18.4 Å². The molecule has 1 saturated heterocycles. The van der Waals surface area contributed by atoms with Crippen molar-refractivity contribution in [1.82, 2.24) is 10.2 Å². The third-order valence-electron chi connectivity index (χ3n) is 4.19. The second-order valence-electron chi connectivity index (χ2n) is 6.06. The fourth-order valence-corrected chi connectivity index (χ4v) is 4.01. The van der Waals surface area contributed by atoms with Crippen LogP contribution in [0.5, 0.6) is 0 Å². The third kappa shape index (κ3) is 5.77. The predicted octanol–water partition coefficient (Wildman–Crippen LogP) is 1.89. The minimum absolute atomic E-state index is 0.00516. The molecule has 0 radical (unpaired) electrons. The Balaban J connectivity index is 2.02. The first kappa shape index (κ1) is 19.3. The maximum absolute atomic E-state index is 12.7. The zero-order valence-electron chi connectivity index (χ0n) is 14.3. The Morgan fingerprint density at radius 1 is 1.32 bits per heavy atom. The van der Waals surface area contributed by atoms with Crippen LogP contribution < -0.4 is 5.32 Å². The van der Waals surface area contributed by atoms with Gasteiger partial charge in [-0.15, -0.1) is 11.8 Å². The Kier molecular flexibility index (Phi) is 7.31. The molecule has 1 aliphatic heterocycles. The summed E-state index contributed by atoms with van der Waals surface area (Å²) in [5, 5.41) is 11.9. The average Bonchev–Trinajstić information content (AvgIpc) is 3.09. The molecule has 0 saturated carbocycles. The molecular weight excluding hydrogens is 340 g/mol. The van der Waals surface area contributed by atoms with E-state index in [9.17, 15) is 14.4 Å². The highest BCUT2D eigenvalue weighted by Gasteiger charge is 2.34. The van der Waals surface area contributed by atoms with Crippen molar-refractivity contribution in [3.63, 3.8) is 0 Å². The molecule has 1 aliphatic rings. The number of thioether (sulfide) groups is 1. The molecular formula is C18H24N2O4S. The lowest BCUT2D eigenvalue weighted by Crippen LogP contribution is -2.50. The number of aliphatic carboxylic acids is 1. The van der Waals surface area contributed by atoms with Gasteiger partial charge in [0.25, 0.3) is 0 Å². The average molecular weight is 364 g/mol. The zero-order valence-corrected chi connectivity index (χ0v) is 15.1. The van der Waals surface area contributed by atoms with Crippen molar-refractivity contribution in [2.45, 2.75) is 44.7 Å². The van der Waals surface area contributed by atoms with E-state index in [2.05, 4.69) is 5.32 Å². The number of hydrogen-bond donors (Lipinski definition) is 2. The summed E-state index contributed by atoms with van der Waals surface area (Å²) in [4.78, 5) is 37.1. The van der Waals surface area contributed by atoms with E-state index in [1.807, 2.05) is 30.3 Å². The second kappa shape index (κ2) is 9.46. The first-order valence-corrected chi connectivity index (χ1v) is 9.60. The van der Waals surface area contributed by atoms with Crippen LogP contribution in [0.4, 0.5) is 0 Å². The highest BCUT2D eigenvalue weighted by molar-refractivity contribution is 7.99. The predicted molar refractivity (Wildman–Crippen MR) is 97.2 cm³/mol. The van der Waals surface area contributed by atoms with Crippen molar-refractivity contribution in [2.24, 2.45) is 0 Å². The van der Waals surface area contributed by atoms with Gasteiger partial charge in [0.15, 0.2) is 0 Å². The molecule has 1 heterocycles. The van der Waals surface area contributed by atoms with E-state index in [4.69, 9.17) is 5.11 Å². The highest BCUT2D eigenvalue weighted by Crippen LogP contribution is 2.22. The maximum atomic E-state index is 12.7. The number of nitrogens with zero attached hydrogens (tertiary/aromatic N) is 1. The van der Waals surface area contributed by atoms with Crippen LogP contribution in [0.2, 0.25) is 0 Å². The molecule has 0 bridgehead atoms. The first-order valence-electron chi connectivity index (χ1n) is 8.44. The minimum Gasteiger partial charge on any atom is -0.481 e. The number of benzene rings is 1. The molecule has 7 heteroatoms. The zero-order chi connectivity index (χ0) is 18.2. The number of amides is 2. The number of carboxylic acid groups (broad SMARTS) is 1. The van der Waals surface area contributed by atoms with E-state index >= 15 is 0 Å². The van der Waals surface area contributed by atoms with E-state index in [-0.39, 0.29) is 24.3 Å². The molecule has 0 aliphatic carbocycles. The van der Waals surface area contributed by atoms with Crippen LogP contribution in [0.15, 0.2) is 30.3 Å². The Morgan fingerprint density at radius 3 is 2.68 bits per heavy atom. The largest absolute Gasteiger partial charge is 0.481 e. The molecule has 6 nitrogen and oxygen atoms in total. The van der Waals surface area contributed by atoms with Crippen molar-refractivity contribution >= 4 is 29.5 Å². The summed E-state index contributed by atoms with van der Waals surface area (Å²) in [5.74, 6) is -0.00224. The molecule has 2 atom stereocenters. The molecule has 25 heavy (non-hydrogen) atoms. The summed E-state index contributed by atoms with van der Waals surface area (Å²) in [6, 6.07) is 8.92. The van der Waals surface area contributed by atoms with Crippen molar-refractivity contribution < 1.29 is 19.5 Å². The van der Waals surface area contributed by atoms with Crippen LogP contribution >= 0.6 is 11.8 Å². The number of carbonyl (C=O) groups excluding carboxylic acids is 2. The van der Waals surface area contributed by atoms with Crippen LogP contribution in [-0.2, 0) is 20.8 Å². The van der Waals surface area contributed by atoms with Crippen LogP contribution in [0.25, 0.3) is 0 Å². The second-order valence-corrected chi connectivity index (χ2v) is 7.06. The molecule has 2 rings (SSSR count). The molecule has 2 amide bonds. The van der Waals surface area contributed by atoms with Gasteiger partial charge in [0.05, 0.1) is 5.88 Å². The quantitative estimate of drug-likeness (QED) is 0.736. The van der Waals surface area contributed by atoms with Crippen LogP contribution in [0.3, 0.4) is 0 Å². The number of nitrogens with one attached hydrogen (secondary N) is 1. The van der Waals surface area contributed by atoms with Crippen LogP contribution in [0.1, 0.15) is 31.7 Å². The normalized spacial score (nSPS) is 18.0. The fraction of sp³-hybridized carbons (Fsp3) is 0.500. The van der Waals surface area contributed by atoms with Gasteiger partial charge in [0.2, 0.25) is 11.8 Å². The van der Waals surface area contributed by atoms with E-state index in [0.29, 0.717) is 30.9 Å². The molecule has 0 aromatic heterocycles. The highest BCUT2D eigenvalue weighted by atomic mass is 32.2. The summed E-state index contributed by atoms with van der Waals surface area (Å²) in [6.07, 6.45) is 1.30. The Labute approximate surface area is 152 Å². The van der Waals surface area contributed by atoms with E-state index < -0.39 is 12.0 Å². The lowest BCUT2D eigenvalue weighted by molar-refractivity contribution is -0.138. The smallest absolute Gasteiger partial charge is 0.303 e. The number of rotatable bonds is 8. The van der Waals surface area contributed by atoms with Gasteiger partial charge in [-0.25, -0.2) is 0 Å². The molecule has 2 unspecified atom stereocenters. The SMILES string of the molecule is CCC(=O)N1CSCC1C(=O)NC(CCC(=O)O)Cc1ccccc1. The van der Waals surface area contributed by atoms with Crippen molar-refractivity contribution in [3.8, 4) is 0 Å². The topological polar surface area (TPSA) is 86.7 Å². The molecule has 0 spiro atoms.